The molecule has 0 saturated carbocycles. The fourth-order valence-electron chi connectivity index (χ4n) is 5.20. The highest BCUT2D eigenvalue weighted by Crippen LogP contribution is 2.31. The highest BCUT2D eigenvalue weighted by molar-refractivity contribution is 7.89. The topological polar surface area (TPSA) is 125 Å². The molecule has 2 atom stereocenters. The molecule has 1 saturated heterocycles. The Balaban J connectivity index is 1.37. The number of hydrogen-bond acceptors (Lipinski definition) is 7. The molecule has 1 aliphatic rings. The van der Waals surface area contributed by atoms with E-state index in [1.165, 1.54) is 18.2 Å². The van der Waals surface area contributed by atoms with Gasteiger partial charge in [-0.3, -0.25) is 4.79 Å². The van der Waals surface area contributed by atoms with E-state index in [0.717, 1.165) is 46.3 Å². The van der Waals surface area contributed by atoms with Crippen molar-refractivity contribution < 1.29 is 35.9 Å². The molecule has 242 valence electrons. The van der Waals surface area contributed by atoms with Crippen molar-refractivity contribution in [3.63, 3.8) is 0 Å². The van der Waals surface area contributed by atoms with Gasteiger partial charge in [0.1, 0.15) is 11.9 Å². The number of benzene rings is 3. The number of rotatable bonds is 11. The molecule has 1 amide bonds. The summed E-state index contributed by atoms with van der Waals surface area (Å²) in [6.07, 6.45) is -3.37. The van der Waals surface area contributed by atoms with Crippen LogP contribution >= 0.6 is 0 Å². The Morgan fingerprint density at radius 3 is 2.35 bits per heavy atom. The van der Waals surface area contributed by atoms with Gasteiger partial charge in [-0.25, -0.2) is 22.8 Å². The van der Waals surface area contributed by atoms with Crippen LogP contribution in [-0.2, 0) is 34.0 Å². The minimum Gasteiger partial charge on any atom is -0.394 e. The van der Waals surface area contributed by atoms with E-state index < -0.39 is 45.6 Å². The van der Waals surface area contributed by atoms with Gasteiger partial charge in [-0.05, 0) is 67.3 Å². The van der Waals surface area contributed by atoms with Crippen LogP contribution in [0.25, 0.3) is 11.3 Å². The second-order valence-corrected chi connectivity index (χ2v) is 12.7. The maximum atomic E-state index is 13.4. The molecule has 0 spiro atoms. The van der Waals surface area contributed by atoms with Gasteiger partial charge in [-0.1, -0.05) is 42.5 Å². The van der Waals surface area contributed by atoms with Gasteiger partial charge in [0.2, 0.25) is 21.9 Å². The van der Waals surface area contributed by atoms with E-state index in [1.54, 1.807) is 0 Å². The van der Waals surface area contributed by atoms with Gasteiger partial charge in [-0.15, -0.1) is 0 Å². The number of anilines is 1. The monoisotopic (exact) mass is 657 g/mol. The lowest BCUT2D eigenvalue weighted by molar-refractivity contribution is -0.137. The SMILES string of the molecule is O=C(NCc1cc(-c2ccc(C(F)(F)F)cc2)nc(NC(CO)Cc2ccccc2)n1)C1CCCN1S(=O)(=O)c1ccc(F)cc1. The second kappa shape index (κ2) is 13.9. The third-order valence-corrected chi connectivity index (χ3v) is 9.46. The van der Waals surface area contributed by atoms with Crippen molar-refractivity contribution in [3.8, 4) is 11.3 Å². The summed E-state index contributed by atoms with van der Waals surface area (Å²) in [7, 11) is -4.07. The Labute approximate surface area is 263 Å². The number of halogens is 4. The van der Waals surface area contributed by atoms with Crippen molar-refractivity contribution in [2.24, 2.45) is 0 Å². The zero-order valence-corrected chi connectivity index (χ0v) is 25.2. The van der Waals surface area contributed by atoms with Crippen LogP contribution in [0.4, 0.5) is 23.5 Å². The fraction of sp³-hybridized carbons (Fsp3) is 0.281. The Bertz CT molecular complexity index is 1760. The number of nitrogens with zero attached hydrogens (tertiary/aromatic N) is 3. The van der Waals surface area contributed by atoms with Crippen molar-refractivity contribution in [2.75, 3.05) is 18.5 Å². The van der Waals surface area contributed by atoms with Gasteiger partial charge < -0.3 is 15.7 Å². The molecule has 46 heavy (non-hydrogen) atoms. The number of aliphatic hydroxyl groups excluding tert-OH is 1. The van der Waals surface area contributed by atoms with E-state index in [1.807, 2.05) is 30.3 Å². The Morgan fingerprint density at radius 1 is 1.00 bits per heavy atom. The zero-order valence-electron chi connectivity index (χ0n) is 24.4. The third-order valence-electron chi connectivity index (χ3n) is 7.54. The molecule has 0 aliphatic carbocycles. The van der Waals surface area contributed by atoms with Crippen molar-refractivity contribution in [1.29, 1.82) is 0 Å². The van der Waals surface area contributed by atoms with E-state index in [9.17, 15) is 35.9 Å². The molecule has 2 unspecified atom stereocenters. The number of nitrogens with one attached hydrogen (secondary N) is 2. The van der Waals surface area contributed by atoms with Crippen molar-refractivity contribution >= 4 is 21.9 Å². The summed E-state index contributed by atoms with van der Waals surface area (Å²) in [5.74, 6) is -1.07. The summed E-state index contributed by atoms with van der Waals surface area (Å²) in [5, 5.41) is 15.8. The van der Waals surface area contributed by atoms with Crippen LogP contribution in [0.3, 0.4) is 0 Å². The van der Waals surface area contributed by atoms with E-state index in [0.29, 0.717) is 24.1 Å². The number of amides is 1. The molecule has 14 heteroatoms. The number of carbonyl (C=O) groups excluding carboxylic acids is 1. The Kier molecular flexibility index (Phi) is 9.99. The lowest BCUT2D eigenvalue weighted by atomic mass is 10.1. The summed E-state index contributed by atoms with van der Waals surface area (Å²) < 4.78 is 80.5. The van der Waals surface area contributed by atoms with E-state index in [4.69, 9.17) is 0 Å². The van der Waals surface area contributed by atoms with Crippen LogP contribution in [0, 0.1) is 5.82 Å². The second-order valence-electron chi connectivity index (χ2n) is 10.8. The number of aliphatic hydroxyl groups is 1. The third kappa shape index (κ3) is 7.87. The molecule has 9 nitrogen and oxygen atoms in total. The van der Waals surface area contributed by atoms with Gasteiger partial charge in [0.05, 0.1) is 41.0 Å². The first-order valence-electron chi connectivity index (χ1n) is 14.5. The molecule has 0 radical (unpaired) electrons. The van der Waals surface area contributed by atoms with Crippen molar-refractivity contribution in [3.05, 3.63) is 108 Å². The first kappa shape index (κ1) is 33.0. The minimum atomic E-state index is -4.52. The largest absolute Gasteiger partial charge is 0.416 e. The predicted octanol–water partition coefficient (Wildman–Crippen LogP) is 4.79. The van der Waals surface area contributed by atoms with Gasteiger partial charge >= 0.3 is 6.18 Å². The Morgan fingerprint density at radius 2 is 1.70 bits per heavy atom. The van der Waals surface area contributed by atoms with Gasteiger partial charge in [0.25, 0.3) is 0 Å². The summed E-state index contributed by atoms with van der Waals surface area (Å²) in [5.41, 5.74) is 1.05. The number of hydrogen-bond donors (Lipinski definition) is 3. The molecule has 2 heterocycles. The number of sulfonamides is 1. The molecular weight excluding hydrogens is 626 g/mol. The summed E-state index contributed by atoms with van der Waals surface area (Å²) in [6.45, 7) is -0.302. The molecule has 1 aliphatic heterocycles. The maximum Gasteiger partial charge on any atom is 0.416 e. The zero-order chi connectivity index (χ0) is 32.9. The van der Waals surface area contributed by atoms with Crippen LogP contribution in [0.5, 0.6) is 0 Å². The van der Waals surface area contributed by atoms with Crippen LogP contribution in [0.2, 0.25) is 0 Å². The molecule has 0 bridgehead atoms. The van der Waals surface area contributed by atoms with Crippen molar-refractivity contribution in [1.82, 2.24) is 19.6 Å². The molecule has 1 fully saturated rings. The average Bonchev–Trinajstić information content (AvgIpc) is 3.55. The minimum absolute atomic E-state index is 0.0815. The quantitative estimate of drug-likeness (QED) is 0.198. The molecule has 4 aromatic rings. The number of alkyl halides is 3. The Hall–Kier alpha value is -4.40. The molecule has 5 rings (SSSR count). The lowest BCUT2D eigenvalue weighted by Crippen LogP contribution is -2.45. The predicted molar refractivity (Wildman–Crippen MR) is 162 cm³/mol. The smallest absolute Gasteiger partial charge is 0.394 e. The van der Waals surface area contributed by atoms with E-state index >= 15 is 0 Å². The van der Waals surface area contributed by atoms with Crippen LogP contribution in [0.15, 0.2) is 89.8 Å². The fourth-order valence-corrected chi connectivity index (χ4v) is 6.86. The molecule has 1 aromatic heterocycles. The van der Waals surface area contributed by atoms with Gasteiger partial charge in [-0.2, -0.15) is 17.5 Å². The van der Waals surface area contributed by atoms with Crippen LogP contribution in [0.1, 0.15) is 29.7 Å². The van der Waals surface area contributed by atoms with E-state index in [-0.39, 0.29) is 42.7 Å². The van der Waals surface area contributed by atoms with E-state index in [2.05, 4.69) is 20.6 Å². The normalized spacial score (nSPS) is 16.2. The maximum absolute atomic E-state index is 13.4. The summed E-state index contributed by atoms with van der Waals surface area (Å²) in [4.78, 5) is 22.1. The first-order valence-corrected chi connectivity index (χ1v) is 15.9. The highest BCUT2D eigenvalue weighted by atomic mass is 32.2. The standard InChI is InChI=1S/C32H31F4N5O4S/c33-24-12-14-27(15-13-24)46(44,45)41-16-4-7-29(41)30(43)37-19-25-18-28(22-8-10-23(11-9-22)32(34,35)36)40-31(38-25)39-26(20-42)17-21-5-2-1-3-6-21/h1-3,5-6,8-15,18,26,29,42H,4,7,16-17,19-20H2,(H,37,43)(H,38,39,40). The molecule has 3 N–H and O–H groups in total. The van der Waals surface area contributed by atoms with Gasteiger partial charge in [0, 0.05) is 12.1 Å². The van der Waals surface area contributed by atoms with Crippen LogP contribution < -0.4 is 10.6 Å². The van der Waals surface area contributed by atoms with Crippen LogP contribution in [-0.4, -0.2) is 58.9 Å². The lowest BCUT2D eigenvalue weighted by Gasteiger charge is -2.23. The number of aromatic nitrogens is 2. The summed E-state index contributed by atoms with van der Waals surface area (Å²) >= 11 is 0. The van der Waals surface area contributed by atoms with Gasteiger partial charge in [0.15, 0.2) is 0 Å². The molecular formula is C32H31F4N5O4S. The molecule has 3 aromatic carbocycles. The number of carbonyl (C=O) groups is 1. The average molecular weight is 658 g/mol. The summed E-state index contributed by atoms with van der Waals surface area (Å²) in [6, 6.07) is 18.2. The first-order chi connectivity index (χ1) is 21.9. The van der Waals surface area contributed by atoms with Crippen molar-refractivity contribution in [2.45, 2.75) is 49.0 Å². The highest BCUT2D eigenvalue weighted by Gasteiger charge is 2.39.